The van der Waals surface area contributed by atoms with Gasteiger partial charge < -0.3 is 0 Å². The standard InChI is InChI=1S/C11H13N3O4S3/c1-6-4-7(2)9(8(3)5-6)20(15,16)10-13-14-11(19-10)21(12,17)18/h4-5H,1-3H3,(H2,12,17,18). The summed E-state index contributed by atoms with van der Waals surface area (Å²) in [4.78, 5) is 0.116. The smallest absolute Gasteiger partial charge is 0.223 e. The molecule has 10 heteroatoms. The zero-order valence-electron chi connectivity index (χ0n) is 11.5. The molecule has 0 saturated heterocycles. The summed E-state index contributed by atoms with van der Waals surface area (Å²) in [6.07, 6.45) is 0. The van der Waals surface area contributed by atoms with E-state index >= 15 is 0 Å². The van der Waals surface area contributed by atoms with E-state index in [-0.39, 0.29) is 9.24 Å². The molecule has 0 aliphatic heterocycles. The van der Waals surface area contributed by atoms with E-state index in [9.17, 15) is 16.8 Å². The highest BCUT2D eigenvalue weighted by molar-refractivity contribution is 7.95. The molecule has 0 bridgehead atoms. The van der Waals surface area contributed by atoms with Gasteiger partial charge in [0.15, 0.2) is 0 Å². The second kappa shape index (κ2) is 5.13. The normalized spacial score (nSPS) is 12.6. The Morgan fingerprint density at radius 2 is 1.43 bits per heavy atom. The highest BCUT2D eigenvalue weighted by Crippen LogP contribution is 2.30. The molecule has 2 aromatic rings. The first-order valence-corrected chi connectivity index (χ1v) is 9.57. The van der Waals surface area contributed by atoms with Gasteiger partial charge in [0.05, 0.1) is 4.90 Å². The van der Waals surface area contributed by atoms with Gasteiger partial charge in [-0.25, -0.2) is 22.0 Å². The van der Waals surface area contributed by atoms with Crippen molar-refractivity contribution in [3.8, 4) is 0 Å². The molecule has 0 fully saturated rings. The lowest BCUT2D eigenvalue weighted by Crippen LogP contribution is -2.11. The lowest BCUT2D eigenvalue weighted by atomic mass is 10.1. The molecule has 0 spiro atoms. The molecular formula is C11H13N3O4S3. The fourth-order valence-electron chi connectivity index (χ4n) is 2.10. The second-order valence-corrected chi connectivity index (χ2v) is 9.38. The van der Waals surface area contributed by atoms with Gasteiger partial charge in [0.1, 0.15) is 0 Å². The Morgan fingerprint density at radius 1 is 0.952 bits per heavy atom. The predicted octanol–water partition coefficient (Wildman–Crippen LogP) is 0.944. The monoisotopic (exact) mass is 347 g/mol. The van der Waals surface area contributed by atoms with Crippen LogP contribution in [0.4, 0.5) is 0 Å². The zero-order valence-corrected chi connectivity index (χ0v) is 13.9. The van der Waals surface area contributed by atoms with E-state index in [4.69, 9.17) is 5.14 Å². The van der Waals surface area contributed by atoms with E-state index in [1.54, 1.807) is 26.0 Å². The fourth-order valence-corrected chi connectivity index (χ4v) is 5.64. The minimum absolute atomic E-state index is 0.116. The Labute approximate surface area is 126 Å². The van der Waals surface area contributed by atoms with Crippen LogP contribution in [0.25, 0.3) is 0 Å². The maximum atomic E-state index is 12.6. The Kier molecular flexibility index (Phi) is 3.91. The molecule has 0 radical (unpaired) electrons. The summed E-state index contributed by atoms with van der Waals surface area (Å²) in [5, 5.41) is 11.7. The van der Waals surface area contributed by atoms with Gasteiger partial charge in [-0.15, -0.1) is 10.2 Å². The molecule has 2 rings (SSSR count). The average molecular weight is 347 g/mol. The van der Waals surface area contributed by atoms with Crippen molar-refractivity contribution in [2.75, 3.05) is 0 Å². The number of rotatable bonds is 3. The van der Waals surface area contributed by atoms with Crippen LogP contribution in [-0.4, -0.2) is 27.0 Å². The van der Waals surface area contributed by atoms with Crippen molar-refractivity contribution >= 4 is 31.2 Å². The molecule has 21 heavy (non-hydrogen) atoms. The number of benzene rings is 1. The average Bonchev–Trinajstić information content (AvgIpc) is 2.75. The molecular weight excluding hydrogens is 334 g/mol. The summed E-state index contributed by atoms with van der Waals surface area (Å²) in [6, 6.07) is 3.48. The molecule has 0 aliphatic rings. The number of hydrogen-bond acceptors (Lipinski definition) is 7. The van der Waals surface area contributed by atoms with E-state index in [1.165, 1.54) is 0 Å². The molecule has 0 saturated carbocycles. The maximum Gasteiger partial charge on any atom is 0.267 e. The zero-order chi connectivity index (χ0) is 16.0. The van der Waals surface area contributed by atoms with Crippen molar-refractivity contribution < 1.29 is 16.8 Å². The summed E-state index contributed by atoms with van der Waals surface area (Å²) < 4.78 is 46.6. The molecule has 114 valence electrons. The Balaban J connectivity index is 2.66. The van der Waals surface area contributed by atoms with Gasteiger partial charge in [-0.05, 0) is 31.9 Å². The number of aromatic nitrogens is 2. The third kappa shape index (κ3) is 2.98. The molecule has 0 amide bonds. The van der Waals surface area contributed by atoms with Crippen LogP contribution < -0.4 is 5.14 Å². The van der Waals surface area contributed by atoms with Gasteiger partial charge in [-0.2, -0.15) is 0 Å². The van der Waals surface area contributed by atoms with Crippen molar-refractivity contribution in [3.05, 3.63) is 28.8 Å². The summed E-state index contributed by atoms with van der Waals surface area (Å²) in [7, 11) is -8.00. The van der Waals surface area contributed by atoms with Crippen LogP contribution >= 0.6 is 11.3 Å². The van der Waals surface area contributed by atoms with Crippen LogP contribution in [0.2, 0.25) is 0 Å². The SMILES string of the molecule is Cc1cc(C)c(S(=O)(=O)c2nnc(S(N)(=O)=O)s2)c(C)c1. The van der Waals surface area contributed by atoms with Crippen molar-refractivity contribution in [3.63, 3.8) is 0 Å². The summed E-state index contributed by atoms with van der Waals surface area (Å²) in [5.41, 5.74) is 2.08. The highest BCUT2D eigenvalue weighted by Gasteiger charge is 2.28. The molecule has 0 atom stereocenters. The Bertz CT molecular complexity index is 891. The molecule has 1 aromatic heterocycles. The van der Waals surface area contributed by atoms with Gasteiger partial charge in [0, 0.05) is 0 Å². The number of sulfone groups is 1. The first kappa shape index (κ1) is 16.0. The molecule has 2 N–H and O–H groups in total. The molecule has 1 aromatic carbocycles. The topological polar surface area (TPSA) is 120 Å². The lowest BCUT2D eigenvalue weighted by molar-refractivity contribution is 0.589. The lowest BCUT2D eigenvalue weighted by Gasteiger charge is -2.09. The molecule has 1 heterocycles. The third-order valence-electron chi connectivity index (χ3n) is 2.73. The number of primary sulfonamides is 1. The molecule has 0 unspecified atom stereocenters. The number of nitrogens with two attached hydrogens (primary N) is 1. The van der Waals surface area contributed by atoms with E-state index in [2.05, 4.69) is 10.2 Å². The molecule has 0 aliphatic carbocycles. The summed E-state index contributed by atoms with van der Waals surface area (Å²) in [6.45, 7) is 5.21. The van der Waals surface area contributed by atoms with Crippen molar-refractivity contribution in [2.45, 2.75) is 34.3 Å². The molecule has 7 nitrogen and oxygen atoms in total. The second-order valence-electron chi connectivity index (χ2n) is 4.61. The Morgan fingerprint density at radius 3 is 1.86 bits per heavy atom. The van der Waals surface area contributed by atoms with Crippen LogP contribution in [0.3, 0.4) is 0 Å². The number of nitrogens with zero attached hydrogens (tertiary/aromatic N) is 2. The van der Waals surface area contributed by atoms with Gasteiger partial charge in [-0.1, -0.05) is 29.0 Å². The van der Waals surface area contributed by atoms with Crippen molar-refractivity contribution in [2.24, 2.45) is 5.14 Å². The summed E-state index contributed by atoms with van der Waals surface area (Å²) >= 11 is 0.440. The highest BCUT2D eigenvalue weighted by atomic mass is 32.3. The third-order valence-corrected chi connectivity index (χ3v) is 7.39. The van der Waals surface area contributed by atoms with E-state index in [1.807, 2.05) is 6.92 Å². The van der Waals surface area contributed by atoms with E-state index < -0.39 is 24.2 Å². The van der Waals surface area contributed by atoms with Gasteiger partial charge >= 0.3 is 0 Å². The quantitative estimate of drug-likeness (QED) is 0.882. The minimum atomic E-state index is -4.07. The van der Waals surface area contributed by atoms with E-state index in [0.29, 0.717) is 22.5 Å². The summed E-state index contributed by atoms with van der Waals surface area (Å²) in [5.74, 6) is 0. The van der Waals surface area contributed by atoms with Crippen LogP contribution in [0.5, 0.6) is 0 Å². The number of hydrogen-bond donors (Lipinski definition) is 1. The maximum absolute atomic E-state index is 12.6. The van der Waals surface area contributed by atoms with Gasteiger partial charge in [0.2, 0.25) is 18.5 Å². The van der Waals surface area contributed by atoms with Crippen LogP contribution in [0.1, 0.15) is 16.7 Å². The van der Waals surface area contributed by atoms with Crippen molar-refractivity contribution in [1.82, 2.24) is 10.2 Å². The van der Waals surface area contributed by atoms with E-state index in [0.717, 1.165) is 5.56 Å². The van der Waals surface area contributed by atoms with Gasteiger partial charge in [0.25, 0.3) is 10.0 Å². The first-order valence-electron chi connectivity index (χ1n) is 5.72. The Hall–Kier alpha value is -1.36. The number of aryl methyl sites for hydroxylation is 3. The largest absolute Gasteiger partial charge is 0.267 e. The predicted molar refractivity (Wildman–Crippen MR) is 77.4 cm³/mol. The number of sulfonamides is 1. The minimum Gasteiger partial charge on any atom is -0.223 e. The fraction of sp³-hybridized carbons (Fsp3) is 0.273. The van der Waals surface area contributed by atoms with Crippen LogP contribution in [0, 0.1) is 20.8 Å². The van der Waals surface area contributed by atoms with Crippen LogP contribution in [-0.2, 0) is 19.9 Å². The van der Waals surface area contributed by atoms with Crippen LogP contribution in [0.15, 0.2) is 25.7 Å². The van der Waals surface area contributed by atoms with Crippen molar-refractivity contribution in [1.29, 1.82) is 0 Å². The van der Waals surface area contributed by atoms with Gasteiger partial charge in [-0.3, -0.25) is 0 Å². The first-order chi connectivity index (χ1) is 9.53.